The summed E-state index contributed by atoms with van der Waals surface area (Å²) in [5.41, 5.74) is -6.10. The van der Waals surface area contributed by atoms with Crippen LogP contribution in [0.4, 0.5) is 0 Å². The van der Waals surface area contributed by atoms with E-state index in [0.717, 1.165) is 0 Å². The summed E-state index contributed by atoms with van der Waals surface area (Å²) < 4.78 is 0. The van der Waals surface area contributed by atoms with E-state index in [4.69, 9.17) is 15.0 Å². The summed E-state index contributed by atoms with van der Waals surface area (Å²) in [4.78, 5) is 115. The Morgan fingerprint density at radius 1 is 0.641 bits per heavy atom. The minimum absolute atomic E-state index is 0.0333. The lowest BCUT2D eigenvalue weighted by molar-refractivity contribution is -0.142. The molecule has 64 heavy (non-hydrogen) atoms. The van der Waals surface area contributed by atoms with Crippen LogP contribution in [0.2, 0.25) is 0 Å². The highest BCUT2D eigenvalue weighted by atomic mass is 16.4. The number of hydrogen-bond donors (Lipinski definition) is 9. The van der Waals surface area contributed by atoms with Gasteiger partial charge in [-0.25, -0.2) is 0 Å². The molecule has 0 aromatic heterocycles. The number of fused-ring (bicyclic) bond motifs is 6. The van der Waals surface area contributed by atoms with E-state index in [9.17, 15) is 79.2 Å². The lowest BCUT2D eigenvalue weighted by atomic mass is 9.61. The van der Waals surface area contributed by atoms with E-state index < -0.39 is 132 Å². The number of nitrogens with zero attached hydrogens (tertiary/aromatic N) is 3. The normalized spacial score (nSPS) is 29.5. The number of nitrogens with one attached hydrogen (secondary N) is 1. The van der Waals surface area contributed by atoms with Crippen molar-refractivity contribution in [3.05, 3.63) is 45.5 Å². The van der Waals surface area contributed by atoms with Gasteiger partial charge >= 0.3 is 47.8 Å². The van der Waals surface area contributed by atoms with Gasteiger partial charge in [-0.3, -0.25) is 53.3 Å². The van der Waals surface area contributed by atoms with Crippen LogP contribution in [0.5, 0.6) is 0 Å². The first-order valence-corrected chi connectivity index (χ1v) is 20.8. The van der Waals surface area contributed by atoms with Crippen molar-refractivity contribution >= 4 is 64.9 Å². The molecule has 0 saturated carbocycles. The van der Waals surface area contributed by atoms with Crippen LogP contribution in [0.1, 0.15) is 125 Å². The standard InChI is InChI=1S/C44H54N4O16/c1-40(13-12-34(55)56)25(15-36(59)60)39-44(5)42(3,20-38(63)64)23(8-11-33(53)54)27(48-44)17-30-41(2,19-37(61)62)22(7-10-32(51)52)28(45-30)18-43(4)24(14-35(57)58)21(6-9-31(49)50)26(47-43)16-29(40)46-39/h17,23,48H,6-16,18-20H2,1-5H3,(H,49,50)(H,51,52)(H,53,54)(H,55,56)(H,57,58)(H,59,60)(H,61,62)(H,63,64). The number of carboxylic acids is 8. The molecular weight excluding hydrogens is 840 g/mol. The number of hydrogen-bond acceptors (Lipinski definition) is 12. The molecule has 20 nitrogen and oxygen atoms in total. The second kappa shape index (κ2) is 17.6. The Kier molecular flexibility index (Phi) is 13.4. The van der Waals surface area contributed by atoms with Crippen LogP contribution in [-0.4, -0.2) is 117 Å². The maximum absolute atomic E-state index is 13.0. The Labute approximate surface area is 367 Å². The average molecular weight is 895 g/mol. The van der Waals surface area contributed by atoms with Gasteiger partial charge in [-0.1, -0.05) is 13.8 Å². The number of carbonyl (C=O) groups is 8. The fourth-order valence-electron chi connectivity index (χ4n) is 10.7. The van der Waals surface area contributed by atoms with Gasteiger partial charge in [0.05, 0.1) is 48.2 Å². The van der Waals surface area contributed by atoms with Crippen molar-refractivity contribution in [1.29, 1.82) is 0 Å². The van der Waals surface area contributed by atoms with Gasteiger partial charge in [0.2, 0.25) is 0 Å². The molecular formula is C44H54N4O16. The third kappa shape index (κ3) is 9.12. The summed E-state index contributed by atoms with van der Waals surface area (Å²) in [6.07, 6.45) is -4.36. The van der Waals surface area contributed by atoms with Crippen LogP contribution < -0.4 is 5.32 Å². The van der Waals surface area contributed by atoms with E-state index in [1.807, 2.05) is 0 Å². The fraction of sp³-hybridized carbons (Fsp3) is 0.568. The Hall–Kier alpha value is -6.47. The van der Waals surface area contributed by atoms with Crippen molar-refractivity contribution in [3.8, 4) is 0 Å². The predicted octanol–water partition coefficient (Wildman–Crippen LogP) is 4.95. The molecule has 0 amide bonds. The van der Waals surface area contributed by atoms with Crippen LogP contribution in [0.25, 0.3) is 0 Å². The quantitative estimate of drug-likeness (QED) is 0.0781. The average Bonchev–Trinajstić information content (AvgIpc) is 3.72. The molecule has 0 spiro atoms. The highest BCUT2D eigenvalue weighted by Gasteiger charge is 2.63. The SMILES string of the molecule is CC12CC3=C(CCC(=O)O)C(C)(CC(=O)O)C(=N3)C=C3NC(C)(C4=C(CC(=O)O)C(C)(CCC(=O)O)C(=N4)CC(=N1)C(CCC(=O)O)=C2CC(=O)O)C(C)(CC(=O)O)C3CCC(=O)O. The molecule has 8 bridgehead atoms. The summed E-state index contributed by atoms with van der Waals surface area (Å²) in [6, 6.07) is 0. The van der Waals surface area contributed by atoms with E-state index >= 15 is 0 Å². The largest absolute Gasteiger partial charge is 0.481 e. The third-order valence-electron chi connectivity index (χ3n) is 14.1. The summed E-state index contributed by atoms with van der Waals surface area (Å²) >= 11 is 0. The molecule has 6 unspecified atom stereocenters. The Balaban J connectivity index is 1.99. The van der Waals surface area contributed by atoms with Gasteiger partial charge in [-0.2, -0.15) is 0 Å². The molecule has 5 aliphatic heterocycles. The molecule has 0 radical (unpaired) electrons. The number of rotatable bonds is 20. The molecule has 9 N–H and O–H groups in total. The van der Waals surface area contributed by atoms with Crippen LogP contribution in [0.15, 0.2) is 60.4 Å². The van der Waals surface area contributed by atoms with Crippen LogP contribution in [0.3, 0.4) is 0 Å². The van der Waals surface area contributed by atoms with Crippen LogP contribution in [0, 0.1) is 22.2 Å². The van der Waals surface area contributed by atoms with Gasteiger partial charge in [0.1, 0.15) is 0 Å². The lowest BCUT2D eigenvalue weighted by Gasteiger charge is -2.43. The molecule has 0 aromatic rings. The Morgan fingerprint density at radius 3 is 1.75 bits per heavy atom. The van der Waals surface area contributed by atoms with Crippen LogP contribution >= 0.6 is 0 Å². The molecule has 20 heteroatoms. The van der Waals surface area contributed by atoms with Gasteiger partial charge in [-0.05, 0) is 74.8 Å². The number of aliphatic carboxylic acids is 8. The molecule has 346 valence electrons. The minimum atomic E-state index is -1.69. The first kappa shape index (κ1) is 48.6. The zero-order valence-electron chi connectivity index (χ0n) is 36.2. The Morgan fingerprint density at radius 2 is 1.20 bits per heavy atom. The molecule has 0 aromatic carbocycles. The molecule has 5 aliphatic rings. The van der Waals surface area contributed by atoms with Crippen molar-refractivity contribution in [1.82, 2.24) is 5.32 Å². The van der Waals surface area contributed by atoms with E-state index in [1.165, 1.54) is 6.08 Å². The molecule has 5 heterocycles. The number of allylic oxidation sites excluding steroid dienone is 4. The summed E-state index contributed by atoms with van der Waals surface area (Å²) in [5, 5.41) is 84.7. The van der Waals surface area contributed by atoms with Crippen molar-refractivity contribution in [3.63, 3.8) is 0 Å². The third-order valence-corrected chi connectivity index (χ3v) is 14.1. The topological polar surface area (TPSA) is 348 Å². The van der Waals surface area contributed by atoms with Gasteiger partial charge in [-0.15, -0.1) is 0 Å². The first-order valence-electron chi connectivity index (χ1n) is 20.8. The zero-order valence-corrected chi connectivity index (χ0v) is 36.2. The maximum Gasteiger partial charge on any atom is 0.307 e. The molecule has 5 rings (SSSR count). The minimum Gasteiger partial charge on any atom is -0.481 e. The van der Waals surface area contributed by atoms with Gasteiger partial charge in [0.25, 0.3) is 0 Å². The summed E-state index contributed by atoms with van der Waals surface area (Å²) in [6.45, 7) is 7.93. The van der Waals surface area contributed by atoms with Crippen molar-refractivity contribution in [2.75, 3.05) is 0 Å². The molecule has 1 fully saturated rings. The Bertz CT molecular complexity index is 2350. The van der Waals surface area contributed by atoms with Gasteiger partial charge < -0.3 is 46.2 Å². The summed E-state index contributed by atoms with van der Waals surface area (Å²) in [7, 11) is 0. The maximum atomic E-state index is 13.0. The van der Waals surface area contributed by atoms with E-state index in [1.54, 1.807) is 34.6 Å². The van der Waals surface area contributed by atoms with Crippen molar-refractivity contribution in [2.45, 2.75) is 136 Å². The highest BCUT2D eigenvalue weighted by Crippen LogP contribution is 2.60. The highest BCUT2D eigenvalue weighted by molar-refractivity contribution is 6.18. The lowest BCUT2D eigenvalue weighted by Crippen LogP contribution is -2.51. The van der Waals surface area contributed by atoms with Crippen molar-refractivity contribution < 1.29 is 79.2 Å². The molecule has 0 aliphatic carbocycles. The molecule has 1 saturated heterocycles. The monoisotopic (exact) mass is 894 g/mol. The molecule has 6 atom stereocenters. The smallest absolute Gasteiger partial charge is 0.307 e. The fourth-order valence-corrected chi connectivity index (χ4v) is 10.7. The van der Waals surface area contributed by atoms with Crippen LogP contribution in [-0.2, 0) is 38.4 Å². The van der Waals surface area contributed by atoms with Gasteiger partial charge in [0, 0.05) is 83.5 Å². The second-order valence-corrected chi connectivity index (χ2v) is 18.3. The number of carboxylic acid groups (broad SMARTS) is 8. The van der Waals surface area contributed by atoms with Crippen molar-refractivity contribution in [2.24, 2.45) is 37.1 Å². The van der Waals surface area contributed by atoms with Gasteiger partial charge in [0.15, 0.2) is 0 Å². The van der Waals surface area contributed by atoms with E-state index in [2.05, 4.69) is 5.32 Å². The second-order valence-electron chi connectivity index (χ2n) is 18.3. The summed E-state index contributed by atoms with van der Waals surface area (Å²) in [5.74, 6) is -11.1. The zero-order chi connectivity index (χ0) is 47.9. The van der Waals surface area contributed by atoms with E-state index in [0.29, 0.717) is 0 Å². The predicted molar refractivity (Wildman–Crippen MR) is 225 cm³/mol. The first-order chi connectivity index (χ1) is 29.6. The van der Waals surface area contributed by atoms with E-state index in [-0.39, 0.29) is 95.0 Å². The number of aliphatic imine (C=N–C) groups is 3.